The van der Waals surface area contributed by atoms with Gasteiger partial charge in [0.05, 0.1) is 13.2 Å². The number of nitrogens with zero attached hydrogens (tertiary/aromatic N) is 1. The smallest absolute Gasteiger partial charge is 0.258 e. The van der Waals surface area contributed by atoms with Crippen LogP contribution in [0.1, 0.15) is 38.5 Å². The molecule has 1 heterocycles. The maximum atomic E-state index is 12.4. The molecule has 4 aliphatic carbocycles. The van der Waals surface area contributed by atoms with Crippen molar-refractivity contribution in [1.82, 2.24) is 10.6 Å². The summed E-state index contributed by atoms with van der Waals surface area (Å²) >= 11 is 0. The first kappa shape index (κ1) is 15.5. The van der Waals surface area contributed by atoms with Crippen LogP contribution in [0, 0.1) is 17.8 Å². The molecule has 0 atom stereocenters. The summed E-state index contributed by atoms with van der Waals surface area (Å²) in [5, 5.41) is 6.19. The van der Waals surface area contributed by atoms with Crippen LogP contribution in [0.3, 0.4) is 0 Å². The van der Waals surface area contributed by atoms with Gasteiger partial charge in [-0.3, -0.25) is 4.79 Å². The number of carbonyl (C=O) groups is 1. The van der Waals surface area contributed by atoms with E-state index in [-0.39, 0.29) is 18.1 Å². The molecule has 0 spiro atoms. The zero-order chi connectivity index (χ0) is 16.7. The molecule has 1 amide bonds. The SMILES string of the molecule is C=C1N=C(OC)C=C(OCC(=O)NC23CC4CC(CC(C4)C2)C3)N1. The molecule has 4 fully saturated rings. The number of nitrogens with one attached hydrogen (secondary N) is 2. The molecule has 0 aromatic heterocycles. The van der Waals surface area contributed by atoms with Crippen molar-refractivity contribution in [3.8, 4) is 0 Å². The van der Waals surface area contributed by atoms with E-state index in [0.29, 0.717) is 17.6 Å². The van der Waals surface area contributed by atoms with E-state index in [1.54, 1.807) is 6.08 Å². The molecule has 5 aliphatic rings. The van der Waals surface area contributed by atoms with Gasteiger partial charge in [-0.2, -0.15) is 4.99 Å². The Morgan fingerprint density at radius 3 is 2.54 bits per heavy atom. The minimum Gasteiger partial charge on any atom is -0.481 e. The number of aliphatic imine (C=N–C) groups is 1. The number of amides is 1. The molecule has 5 rings (SSSR count). The summed E-state index contributed by atoms with van der Waals surface area (Å²) in [6, 6.07) is 0. The fourth-order valence-corrected chi connectivity index (χ4v) is 5.40. The molecule has 0 saturated heterocycles. The fourth-order valence-electron chi connectivity index (χ4n) is 5.40. The summed E-state index contributed by atoms with van der Waals surface area (Å²) in [5.74, 6) is 3.66. The third-order valence-electron chi connectivity index (χ3n) is 5.78. The van der Waals surface area contributed by atoms with Gasteiger partial charge >= 0.3 is 0 Å². The van der Waals surface area contributed by atoms with Crippen molar-refractivity contribution in [3.63, 3.8) is 0 Å². The predicted octanol–water partition coefficient (Wildman–Crippen LogP) is 2.05. The molecule has 0 aromatic rings. The monoisotopic (exact) mass is 331 g/mol. The Labute approximate surface area is 142 Å². The normalized spacial score (nSPS) is 36.5. The standard InChI is InChI=1S/C18H25N3O3/c1-11-19-16(23-2)6-17(20-11)24-10-15(22)21-18-7-12-3-13(8-18)5-14(4-12)9-18/h6,12-14,20H,1,3-5,7-10H2,2H3,(H,21,22). The van der Waals surface area contributed by atoms with E-state index >= 15 is 0 Å². The van der Waals surface area contributed by atoms with Crippen molar-refractivity contribution in [1.29, 1.82) is 0 Å². The molecule has 0 radical (unpaired) electrons. The Bertz CT molecular complexity index is 588. The van der Waals surface area contributed by atoms with E-state index in [1.807, 2.05) is 0 Å². The second-order valence-electron chi connectivity index (χ2n) is 7.77. The van der Waals surface area contributed by atoms with Gasteiger partial charge in [-0.15, -0.1) is 0 Å². The van der Waals surface area contributed by atoms with E-state index in [4.69, 9.17) is 9.47 Å². The van der Waals surface area contributed by atoms with Gasteiger partial charge in [0.2, 0.25) is 5.90 Å². The molecule has 4 bridgehead atoms. The highest BCUT2D eigenvalue weighted by atomic mass is 16.5. The molecule has 130 valence electrons. The third kappa shape index (κ3) is 3.01. The summed E-state index contributed by atoms with van der Waals surface area (Å²) in [6.07, 6.45) is 9.14. The van der Waals surface area contributed by atoms with Crippen LogP contribution < -0.4 is 10.6 Å². The molecule has 0 aromatic carbocycles. The Morgan fingerprint density at radius 2 is 1.96 bits per heavy atom. The highest BCUT2D eigenvalue weighted by Crippen LogP contribution is 2.55. The lowest BCUT2D eigenvalue weighted by Gasteiger charge is -2.56. The molecule has 0 unspecified atom stereocenters. The average Bonchev–Trinajstić information content (AvgIpc) is 2.50. The van der Waals surface area contributed by atoms with Crippen LogP contribution in [0.15, 0.2) is 29.4 Å². The van der Waals surface area contributed by atoms with Crippen LogP contribution in [0.25, 0.3) is 0 Å². The highest BCUT2D eigenvalue weighted by molar-refractivity contribution is 5.89. The van der Waals surface area contributed by atoms with Crippen LogP contribution >= 0.6 is 0 Å². The quantitative estimate of drug-likeness (QED) is 0.827. The van der Waals surface area contributed by atoms with Crippen molar-refractivity contribution >= 4 is 11.8 Å². The van der Waals surface area contributed by atoms with Gasteiger partial charge in [0.15, 0.2) is 12.5 Å². The maximum absolute atomic E-state index is 12.4. The minimum absolute atomic E-state index is 0.00907. The van der Waals surface area contributed by atoms with E-state index in [9.17, 15) is 4.79 Å². The van der Waals surface area contributed by atoms with Crippen molar-refractivity contribution in [2.45, 2.75) is 44.1 Å². The minimum atomic E-state index is -0.0493. The van der Waals surface area contributed by atoms with Gasteiger partial charge in [-0.25, -0.2) is 0 Å². The van der Waals surface area contributed by atoms with Crippen molar-refractivity contribution in [2.24, 2.45) is 22.7 Å². The zero-order valence-electron chi connectivity index (χ0n) is 14.1. The summed E-state index contributed by atoms with van der Waals surface area (Å²) < 4.78 is 10.7. The van der Waals surface area contributed by atoms with E-state index in [2.05, 4.69) is 22.2 Å². The Morgan fingerprint density at radius 1 is 1.33 bits per heavy atom. The van der Waals surface area contributed by atoms with Gasteiger partial charge in [-0.1, -0.05) is 6.58 Å². The Kier molecular flexibility index (Phi) is 3.77. The summed E-state index contributed by atoms with van der Waals surface area (Å²) in [6.45, 7) is 3.73. The largest absolute Gasteiger partial charge is 0.481 e. The van der Waals surface area contributed by atoms with Crippen molar-refractivity contribution in [3.05, 3.63) is 24.4 Å². The molecular formula is C18H25N3O3. The highest BCUT2D eigenvalue weighted by Gasteiger charge is 2.51. The molecule has 6 heteroatoms. The maximum Gasteiger partial charge on any atom is 0.258 e. The lowest BCUT2D eigenvalue weighted by Crippen LogP contribution is -2.60. The second-order valence-corrected chi connectivity index (χ2v) is 7.77. The number of hydrogen-bond acceptors (Lipinski definition) is 5. The Hall–Kier alpha value is -1.98. The number of hydrogen-bond donors (Lipinski definition) is 2. The van der Waals surface area contributed by atoms with Crippen molar-refractivity contribution < 1.29 is 14.3 Å². The van der Waals surface area contributed by atoms with Crippen molar-refractivity contribution in [2.75, 3.05) is 13.7 Å². The number of ether oxygens (including phenoxy) is 2. The first-order valence-corrected chi connectivity index (χ1v) is 8.78. The molecule has 4 saturated carbocycles. The molecule has 2 N–H and O–H groups in total. The van der Waals surface area contributed by atoms with E-state index < -0.39 is 0 Å². The molecule has 24 heavy (non-hydrogen) atoms. The van der Waals surface area contributed by atoms with Gasteiger partial charge < -0.3 is 20.1 Å². The Balaban J connectivity index is 1.34. The topological polar surface area (TPSA) is 72.0 Å². The number of carbonyl (C=O) groups excluding carboxylic acids is 1. The number of rotatable bonds is 4. The van der Waals surface area contributed by atoms with Crippen LogP contribution in [-0.4, -0.2) is 31.1 Å². The van der Waals surface area contributed by atoms with Gasteiger partial charge in [0, 0.05) is 5.54 Å². The summed E-state index contributed by atoms with van der Waals surface area (Å²) in [7, 11) is 1.53. The molecule has 1 aliphatic heterocycles. The first-order valence-electron chi connectivity index (χ1n) is 8.78. The fraction of sp³-hybridized carbons (Fsp3) is 0.667. The van der Waals surface area contributed by atoms with E-state index in [0.717, 1.165) is 37.0 Å². The molecule has 6 nitrogen and oxygen atoms in total. The summed E-state index contributed by atoms with van der Waals surface area (Å²) in [5.41, 5.74) is 0.0202. The summed E-state index contributed by atoms with van der Waals surface area (Å²) in [4.78, 5) is 16.5. The number of methoxy groups -OCH3 is 1. The third-order valence-corrected chi connectivity index (χ3v) is 5.78. The van der Waals surface area contributed by atoms with E-state index in [1.165, 1.54) is 26.4 Å². The zero-order valence-corrected chi connectivity index (χ0v) is 14.1. The lowest BCUT2D eigenvalue weighted by atomic mass is 9.53. The van der Waals surface area contributed by atoms with Crippen LogP contribution in [0.4, 0.5) is 0 Å². The first-order chi connectivity index (χ1) is 11.5. The van der Waals surface area contributed by atoms with Crippen LogP contribution in [0.5, 0.6) is 0 Å². The predicted molar refractivity (Wildman–Crippen MR) is 89.8 cm³/mol. The van der Waals surface area contributed by atoms with Crippen LogP contribution in [-0.2, 0) is 14.3 Å². The lowest BCUT2D eigenvalue weighted by molar-refractivity contribution is -0.130. The van der Waals surface area contributed by atoms with Gasteiger partial charge in [0.1, 0.15) is 5.82 Å². The average molecular weight is 331 g/mol. The molecular weight excluding hydrogens is 306 g/mol. The second kappa shape index (κ2) is 5.83. The van der Waals surface area contributed by atoms with Gasteiger partial charge in [0.25, 0.3) is 5.91 Å². The van der Waals surface area contributed by atoms with Gasteiger partial charge in [-0.05, 0) is 56.3 Å². The van der Waals surface area contributed by atoms with Crippen LogP contribution in [0.2, 0.25) is 0 Å².